The zero-order valence-corrected chi connectivity index (χ0v) is 19.3. The molecule has 0 amide bonds. The van der Waals surface area contributed by atoms with E-state index in [-0.39, 0.29) is 4.66 Å². The minimum atomic E-state index is -1.78. The Labute approximate surface area is 125 Å². The van der Waals surface area contributed by atoms with E-state index in [1.54, 1.807) is 0 Å². The average Bonchev–Trinajstić information content (AvgIpc) is 1.92. The number of hydrogen-bond acceptors (Lipinski definition) is 2. The molecule has 0 radical (unpaired) electrons. The van der Waals surface area contributed by atoms with Gasteiger partial charge in [0.05, 0.1) is 0 Å². The topological polar surface area (TPSA) is 18.5 Å². The van der Waals surface area contributed by atoms with E-state index in [4.69, 9.17) is 8.23 Å². The van der Waals surface area contributed by atoms with Crippen molar-refractivity contribution in [1.29, 1.82) is 0 Å². The lowest BCUT2D eigenvalue weighted by Gasteiger charge is -2.52. The first kappa shape index (κ1) is 19.8. The lowest BCUT2D eigenvalue weighted by Crippen LogP contribution is -2.62. The Morgan fingerprint density at radius 2 is 0.737 bits per heavy atom. The van der Waals surface area contributed by atoms with E-state index >= 15 is 0 Å². The molecule has 0 aromatic heterocycles. The normalized spacial score (nSPS) is 15.8. The van der Waals surface area contributed by atoms with Crippen LogP contribution in [0.2, 0.25) is 70.1 Å². The molecule has 0 aliphatic heterocycles. The van der Waals surface area contributed by atoms with Gasteiger partial charge in [-0.2, -0.15) is 0 Å². The molecule has 19 heavy (non-hydrogen) atoms. The molecule has 0 rings (SSSR count). The fraction of sp³-hybridized carbons (Fsp3) is 1.00. The second-order valence-corrected chi connectivity index (χ2v) is 28.2. The van der Waals surface area contributed by atoms with Crippen LogP contribution in [0.25, 0.3) is 0 Å². The summed E-state index contributed by atoms with van der Waals surface area (Å²) in [6, 6.07) is 0. The van der Waals surface area contributed by atoms with Gasteiger partial charge in [-0.25, -0.2) is 0 Å². The van der Waals surface area contributed by atoms with E-state index in [1.807, 2.05) is 0 Å². The molecular formula is C13H36O2Si4. The molecule has 0 fully saturated rings. The van der Waals surface area contributed by atoms with Crippen LogP contribution in [0.4, 0.5) is 0 Å². The van der Waals surface area contributed by atoms with Crippen molar-refractivity contribution in [3.05, 3.63) is 0 Å². The Balaban J connectivity index is 5.34. The van der Waals surface area contributed by atoms with Crippen LogP contribution in [0.3, 0.4) is 0 Å². The van der Waals surface area contributed by atoms with Crippen LogP contribution in [0, 0.1) is 0 Å². The molecule has 0 bridgehead atoms. The van der Waals surface area contributed by atoms with Crippen LogP contribution in [-0.4, -0.2) is 33.3 Å². The third kappa shape index (κ3) is 5.59. The Morgan fingerprint density at radius 3 is 0.895 bits per heavy atom. The summed E-state index contributed by atoms with van der Waals surface area (Å²) in [6.07, 6.45) is 0. The van der Waals surface area contributed by atoms with E-state index in [0.717, 1.165) is 0 Å². The molecule has 0 aliphatic rings. The van der Waals surface area contributed by atoms with Gasteiger partial charge in [-0.05, 0) is 65.5 Å². The van der Waals surface area contributed by atoms with Crippen molar-refractivity contribution < 1.29 is 8.23 Å². The molecule has 0 N–H and O–H groups in total. The fourth-order valence-corrected chi connectivity index (χ4v) is 23.5. The van der Waals surface area contributed by atoms with Gasteiger partial charge in [-0.1, -0.05) is 13.8 Å². The second kappa shape index (κ2) is 5.53. The van der Waals surface area contributed by atoms with Crippen molar-refractivity contribution in [2.45, 2.75) is 84.0 Å². The molecule has 0 atom stereocenters. The van der Waals surface area contributed by atoms with Crippen molar-refractivity contribution in [3.63, 3.8) is 0 Å². The standard InChI is InChI=1S/C13H36O2Si4/c1-13(2,18(9,10)14-16(3,4)5)19(11,12)15-17(6,7)8/h1-12H3. The number of rotatable bonds is 6. The predicted molar refractivity (Wildman–Crippen MR) is 97.9 cm³/mol. The van der Waals surface area contributed by atoms with Crippen LogP contribution >= 0.6 is 0 Å². The molecule has 2 nitrogen and oxygen atoms in total. The highest BCUT2D eigenvalue weighted by Gasteiger charge is 2.55. The molecule has 0 spiro atoms. The fourth-order valence-electron chi connectivity index (χ4n) is 2.51. The molecule has 6 heteroatoms. The molecule has 116 valence electrons. The quantitative estimate of drug-likeness (QED) is 0.603. The van der Waals surface area contributed by atoms with Gasteiger partial charge >= 0.3 is 0 Å². The van der Waals surface area contributed by atoms with Crippen molar-refractivity contribution in [1.82, 2.24) is 0 Å². The molecule has 0 aromatic carbocycles. The van der Waals surface area contributed by atoms with Crippen molar-refractivity contribution in [2.75, 3.05) is 0 Å². The molecular weight excluding hydrogens is 300 g/mol. The van der Waals surface area contributed by atoms with Crippen LogP contribution in [-0.2, 0) is 8.23 Å². The lowest BCUT2D eigenvalue weighted by atomic mass is 10.5. The largest absolute Gasteiger partial charge is 0.455 e. The van der Waals surface area contributed by atoms with Crippen molar-refractivity contribution in [3.8, 4) is 0 Å². The zero-order valence-electron chi connectivity index (χ0n) is 15.3. The Hall–Kier alpha value is 0.788. The first-order chi connectivity index (χ1) is 7.91. The molecule has 0 aromatic rings. The van der Waals surface area contributed by atoms with E-state index in [2.05, 4.69) is 79.3 Å². The number of hydrogen-bond donors (Lipinski definition) is 0. The summed E-state index contributed by atoms with van der Waals surface area (Å²) < 4.78 is 13.5. The third-order valence-corrected chi connectivity index (χ3v) is 22.7. The van der Waals surface area contributed by atoms with Gasteiger partial charge in [0.2, 0.25) is 0 Å². The highest BCUT2D eigenvalue weighted by atomic mass is 28.5. The van der Waals surface area contributed by atoms with Crippen LogP contribution in [0.15, 0.2) is 0 Å². The SMILES string of the molecule is CC(C)([Si](C)(C)O[Si](C)(C)C)[Si](C)(C)O[Si](C)(C)C. The van der Waals surface area contributed by atoms with E-state index in [9.17, 15) is 0 Å². The van der Waals surface area contributed by atoms with Crippen LogP contribution in [0.1, 0.15) is 13.8 Å². The molecule has 0 saturated heterocycles. The molecule has 0 saturated carbocycles. The maximum absolute atomic E-state index is 6.64. The van der Waals surface area contributed by atoms with Gasteiger partial charge in [0, 0.05) is 4.66 Å². The van der Waals surface area contributed by atoms with Gasteiger partial charge in [0.15, 0.2) is 33.3 Å². The smallest absolute Gasteiger partial charge is 0.178 e. The predicted octanol–water partition coefficient (Wildman–Crippen LogP) is 5.42. The third-order valence-electron chi connectivity index (χ3n) is 4.13. The van der Waals surface area contributed by atoms with E-state index < -0.39 is 33.3 Å². The Morgan fingerprint density at radius 1 is 0.526 bits per heavy atom. The summed E-state index contributed by atoms with van der Waals surface area (Å²) in [4.78, 5) is 0. The highest BCUT2D eigenvalue weighted by molar-refractivity contribution is 7.00. The summed E-state index contributed by atoms with van der Waals surface area (Å²) in [5.41, 5.74) is 0. The van der Waals surface area contributed by atoms with Crippen molar-refractivity contribution >= 4 is 33.3 Å². The second-order valence-electron chi connectivity index (χ2n) is 9.07. The van der Waals surface area contributed by atoms with E-state index in [0.29, 0.717) is 0 Å². The van der Waals surface area contributed by atoms with Gasteiger partial charge in [-0.3, -0.25) is 0 Å². The minimum absolute atomic E-state index is 0.209. The molecule has 0 aliphatic carbocycles. The summed E-state index contributed by atoms with van der Waals surface area (Å²) >= 11 is 0. The first-order valence-corrected chi connectivity index (χ1v) is 19.9. The summed E-state index contributed by atoms with van der Waals surface area (Å²) in [6.45, 7) is 28.1. The Kier molecular flexibility index (Phi) is 5.76. The Bertz CT molecular complexity index is 282. The highest BCUT2D eigenvalue weighted by Crippen LogP contribution is 2.48. The van der Waals surface area contributed by atoms with Crippen molar-refractivity contribution in [2.24, 2.45) is 0 Å². The van der Waals surface area contributed by atoms with Gasteiger partial charge in [-0.15, -0.1) is 0 Å². The van der Waals surface area contributed by atoms with E-state index in [1.165, 1.54) is 0 Å². The summed E-state index contributed by atoms with van der Waals surface area (Å²) in [5, 5.41) is 0. The summed E-state index contributed by atoms with van der Waals surface area (Å²) in [7, 11) is -6.56. The molecule has 0 unspecified atom stereocenters. The maximum Gasteiger partial charge on any atom is 0.178 e. The molecule has 0 heterocycles. The monoisotopic (exact) mass is 336 g/mol. The van der Waals surface area contributed by atoms with Gasteiger partial charge in [0.25, 0.3) is 0 Å². The average molecular weight is 337 g/mol. The zero-order chi connectivity index (χ0) is 15.9. The van der Waals surface area contributed by atoms with Crippen LogP contribution in [0.5, 0.6) is 0 Å². The van der Waals surface area contributed by atoms with Gasteiger partial charge < -0.3 is 8.23 Å². The lowest BCUT2D eigenvalue weighted by molar-refractivity contribution is 0.472. The van der Waals surface area contributed by atoms with Gasteiger partial charge in [0.1, 0.15) is 0 Å². The van der Waals surface area contributed by atoms with Crippen LogP contribution < -0.4 is 0 Å². The summed E-state index contributed by atoms with van der Waals surface area (Å²) in [5.74, 6) is 0. The minimum Gasteiger partial charge on any atom is -0.455 e. The first-order valence-electron chi connectivity index (χ1n) is 7.32. The maximum atomic E-state index is 6.64.